The van der Waals surface area contributed by atoms with Gasteiger partial charge in [-0.3, -0.25) is 14.4 Å². The summed E-state index contributed by atoms with van der Waals surface area (Å²) in [6, 6.07) is 0. The quantitative estimate of drug-likeness (QED) is 0.685. The highest BCUT2D eigenvalue weighted by molar-refractivity contribution is 5.85. The lowest BCUT2D eigenvalue weighted by molar-refractivity contribution is -0.150. The Hall–Kier alpha value is -1.63. The van der Waals surface area contributed by atoms with Crippen molar-refractivity contribution in [3.05, 3.63) is 0 Å². The van der Waals surface area contributed by atoms with Gasteiger partial charge in [0.15, 0.2) is 0 Å². The zero-order chi connectivity index (χ0) is 23.2. The van der Waals surface area contributed by atoms with E-state index in [9.17, 15) is 14.4 Å². The third kappa shape index (κ3) is 5.08. The molecule has 6 rings (SSSR count). The first kappa shape index (κ1) is 23.1. The van der Waals surface area contributed by atoms with Crippen molar-refractivity contribution < 1.29 is 19.1 Å². The van der Waals surface area contributed by atoms with Gasteiger partial charge < -0.3 is 19.9 Å². The highest BCUT2D eigenvalue weighted by Crippen LogP contribution is 2.61. The first-order valence-corrected chi connectivity index (χ1v) is 13.3. The molecule has 0 spiro atoms. The van der Waals surface area contributed by atoms with Gasteiger partial charge in [-0.1, -0.05) is 0 Å². The molecule has 2 saturated heterocycles. The molecule has 2 heterocycles. The molecule has 2 unspecified atom stereocenters. The van der Waals surface area contributed by atoms with Gasteiger partial charge in [-0.15, -0.1) is 0 Å². The fraction of sp³-hybridized carbons (Fsp3) is 0.885. The minimum atomic E-state index is -0.0200. The second-order valence-corrected chi connectivity index (χ2v) is 12.0. The zero-order valence-electron chi connectivity index (χ0n) is 20.4. The molecule has 7 heteroatoms. The first-order chi connectivity index (χ1) is 15.8. The number of rotatable bonds is 5. The van der Waals surface area contributed by atoms with Crippen LogP contribution in [0.15, 0.2) is 0 Å². The summed E-state index contributed by atoms with van der Waals surface area (Å²) in [5, 5.41) is 2.93. The molecule has 3 amide bonds. The van der Waals surface area contributed by atoms with Crippen LogP contribution in [-0.2, 0) is 19.1 Å². The Kier molecular flexibility index (Phi) is 6.45. The van der Waals surface area contributed by atoms with E-state index in [-0.39, 0.29) is 47.8 Å². The fourth-order valence-corrected chi connectivity index (χ4v) is 8.19. The van der Waals surface area contributed by atoms with Gasteiger partial charge in [-0.05, 0) is 88.4 Å². The van der Waals surface area contributed by atoms with Crippen molar-refractivity contribution in [1.29, 1.82) is 0 Å². The average Bonchev–Trinajstić information content (AvgIpc) is 2.75. The molecule has 0 aromatic carbocycles. The predicted molar refractivity (Wildman–Crippen MR) is 124 cm³/mol. The van der Waals surface area contributed by atoms with Gasteiger partial charge >= 0.3 is 0 Å². The Morgan fingerprint density at radius 2 is 1.42 bits per heavy atom. The molecule has 2 atom stereocenters. The van der Waals surface area contributed by atoms with E-state index in [0.717, 1.165) is 17.8 Å². The number of carbonyl (C=O) groups is 3. The molecule has 4 saturated carbocycles. The number of nitrogens with zero attached hydrogens (tertiary/aromatic N) is 2. The lowest BCUT2D eigenvalue weighted by atomic mass is 9.49. The molecular formula is C26H41N3O4. The standard InChI is InChI=1S/C26H41N3O4/c1-17-15-29(16-18(2)33-17)25(32)22-3-5-28(6-4-22)24(31)14-27-23(30)13-26-10-19-7-20(11-26)9-21(8-19)12-26/h17-22H,3-16H2,1-2H3,(H,27,30). The third-order valence-electron chi connectivity index (χ3n) is 9.07. The summed E-state index contributed by atoms with van der Waals surface area (Å²) in [6.45, 7) is 6.59. The van der Waals surface area contributed by atoms with Crippen LogP contribution in [0, 0.1) is 29.1 Å². The molecule has 1 N–H and O–H groups in total. The van der Waals surface area contributed by atoms with E-state index in [1.165, 1.54) is 38.5 Å². The summed E-state index contributed by atoms with van der Waals surface area (Å²) in [4.78, 5) is 42.2. The minimum absolute atomic E-state index is 0.0165. The maximum Gasteiger partial charge on any atom is 0.241 e. The SMILES string of the molecule is CC1CN(C(=O)C2CCN(C(=O)CNC(=O)CC34CC5CC(CC(C5)C3)C4)CC2)CC(C)O1. The molecule has 0 aromatic heterocycles. The fourth-order valence-electron chi connectivity index (χ4n) is 8.19. The Labute approximate surface area is 198 Å². The van der Waals surface area contributed by atoms with E-state index in [1.54, 1.807) is 0 Å². The number of nitrogens with one attached hydrogen (secondary N) is 1. The van der Waals surface area contributed by atoms with Crippen LogP contribution in [0.25, 0.3) is 0 Å². The highest BCUT2D eigenvalue weighted by atomic mass is 16.5. The molecule has 4 aliphatic carbocycles. The van der Waals surface area contributed by atoms with E-state index in [2.05, 4.69) is 5.32 Å². The van der Waals surface area contributed by atoms with Crippen LogP contribution in [0.4, 0.5) is 0 Å². The molecular weight excluding hydrogens is 418 g/mol. The Bertz CT molecular complexity index is 730. The topological polar surface area (TPSA) is 79.0 Å². The lowest BCUT2D eigenvalue weighted by Gasteiger charge is -2.56. The zero-order valence-corrected chi connectivity index (χ0v) is 20.4. The van der Waals surface area contributed by atoms with Gasteiger partial charge in [0.1, 0.15) is 0 Å². The molecule has 0 aromatic rings. The number of hydrogen-bond acceptors (Lipinski definition) is 4. The molecule has 7 nitrogen and oxygen atoms in total. The van der Waals surface area contributed by atoms with Gasteiger partial charge in [0, 0.05) is 38.5 Å². The van der Waals surface area contributed by atoms with E-state index in [4.69, 9.17) is 4.74 Å². The smallest absolute Gasteiger partial charge is 0.241 e. The minimum Gasteiger partial charge on any atom is -0.372 e. The Morgan fingerprint density at radius 3 is 1.97 bits per heavy atom. The monoisotopic (exact) mass is 459 g/mol. The molecule has 33 heavy (non-hydrogen) atoms. The average molecular weight is 460 g/mol. The Morgan fingerprint density at radius 1 is 0.879 bits per heavy atom. The van der Waals surface area contributed by atoms with E-state index in [1.807, 2.05) is 23.6 Å². The number of amides is 3. The van der Waals surface area contributed by atoms with E-state index >= 15 is 0 Å². The van der Waals surface area contributed by atoms with Crippen molar-refractivity contribution in [2.45, 2.75) is 83.8 Å². The predicted octanol–water partition coefficient (Wildman–Crippen LogP) is 2.58. The first-order valence-electron chi connectivity index (χ1n) is 13.3. The molecule has 0 radical (unpaired) electrons. The molecule has 2 aliphatic heterocycles. The number of piperidine rings is 1. The van der Waals surface area contributed by atoms with Crippen LogP contribution < -0.4 is 5.32 Å². The molecule has 6 aliphatic rings. The van der Waals surface area contributed by atoms with Crippen LogP contribution in [0.3, 0.4) is 0 Å². The third-order valence-corrected chi connectivity index (χ3v) is 9.07. The summed E-state index contributed by atoms with van der Waals surface area (Å²) < 4.78 is 5.74. The van der Waals surface area contributed by atoms with Crippen molar-refractivity contribution in [2.75, 3.05) is 32.7 Å². The van der Waals surface area contributed by atoms with Crippen LogP contribution in [0.1, 0.15) is 71.6 Å². The second kappa shape index (κ2) is 9.20. The van der Waals surface area contributed by atoms with Crippen molar-refractivity contribution in [3.63, 3.8) is 0 Å². The Balaban J connectivity index is 1.05. The summed E-state index contributed by atoms with van der Waals surface area (Å²) in [7, 11) is 0. The van der Waals surface area contributed by atoms with Gasteiger partial charge in [-0.25, -0.2) is 0 Å². The summed E-state index contributed by atoms with van der Waals surface area (Å²) in [6.07, 6.45) is 9.90. The van der Waals surface area contributed by atoms with Crippen LogP contribution >= 0.6 is 0 Å². The number of morpholine rings is 1. The van der Waals surface area contributed by atoms with Crippen molar-refractivity contribution in [3.8, 4) is 0 Å². The van der Waals surface area contributed by atoms with Crippen molar-refractivity contribution >= 4 is 17.7 Å². The van der Waals surface area contributed by atoms with Crippen LogP contribution in [-0.4, -0.2) is 72.5 Å². The number of likely N-dealkylation sites (tertiary alicyclic amines) is 1. The van der Waals surface area contributed by atoms with Crippen LogP contribution in [0.2, 0.25) is 0 Å². The summed E-state index contributed by atoms with van der Waals surface area (Å²) >= 11 is 0. The van der Waals surface area contributed by atoms with Crippen LogP contribution in [0.5, 0.6) is 0 Å². The summed E-state index contributed by atoms with van der Waals surface area (Å²) in [5.74, 6) is 2.71. The molecule has 6 fully saturated rings. The number of hydrogen-bond donors (Lipinski definition) is 1. The normalized spacial score (nSPS) is 38.4. The second-order valence-electron chi connectivity index (χ2n) is 12.0. The molecule has 4 bridgehead atoms. The van der Waals surface area contributed by atoms with Crippen molar-refractivity contribution in [1.82, 2.24) is 15.1 Å². The highest BCUT2D eigenvalue weighted by Gasteiger charge is 2.51. The van der Waals surface area contributed by atoms with Gasteiger partial charge in [0.05, 0.1) is 18.8 Å². The van der Waals surface area contributed by atoms with Crippen molar-refractivity contribution in [2.24, 2.45) is 29.1 Å². The maximum absolute atomic E-state index is 12.9. The van der Waals surface area contributed by atoms with E-state index in [0.29, 0.717) is 45.4 Å². The number of carbonyl (C=O) groups excluding carboxylic acids is 3. The maximum atomic E-state index is 12.9. The lowest BCUT2D eigenvalue weighted by Crippen LogP contribution is -2.52. The van der Waals surface area contributed by atoms with Gasteiger partial charge in [0.2, 0.25) is 17.7 Å². The van der Waals surface area contributed by atoms with E-state index < -0.39 is 0 Å². The van der Waals surface area contributed by atoms with Gasteiger partial charge in [-0.2, -0.15) is 0 Å². The molecule has 184 valence electrons. The number of ether oxygens (including phenoxy) is 1. The largest absolute Gasteiger partial charge is 0.372 e. The summed E-state index contributed by atoms with van der Waals surface area (Å²) in [5.41, 5.74) is 0.203. The van der Waals surface area contributed by atoms with Gasteiger partial charge in [0.25, 0.3) is 0 Å².